The summed E-state index contributed by atoms with van der Waals surface area (Å²) in [5.41, 5.74) is 3.60. The van der Waals surface area contributed by atoms with E-state index in [1.807, 2.05) is 4.90 Å². The van der Waals surface area contributed by atoms with E-state index in [9.17, 15) is 9.59 Å². The molecule has 2 atom stereocenters. The van der Waals surface area contributed by atoms with Gasteiger partial charge >= 0.3 is 5.97 Å². The van der Waals surface area contributed by atoms with E-state index in [1.54, 1.807) is 24.3 Å². The number of hydrogen-bond acceptors (Lipinski definition) is 4. The highest BCUT2D eigenvalue weighted by Gasteiger charge is 2.51. The van der Waals surface area contributed by atoms with Gasteiger partial charge in [0.25, 0.3) is 5.91 Å². The molecule has 2 saturated heterocycles. The molecule has 1 amide bonds. The number of carboxylic acids is 1. The second-order valence-corrected chi connectivity index (χ2v) is 10.9. The molecule has 0 bridgehead atoms. The summed E-state index contributed by atoms with van der Waals surface area (Å²) in [4.78, 5) is 25.8. The van der Waals surface area contributed by atoms with Crippen LogP contribution in [0.5, 0.6) is 5.75 Å². The van der Waals surface area contributed by atoms with Crippen molar-refractivity contribution in [3.63, 3.8) is 0 Å². The second-order valence-electron chi connectivity index (χ2n) is 10.9. The summed E-state index contributed by atoms with van der Waals surface area (Å²) in [6.07, 6.45) is 4.26. The third-order valence-corrected chi connectivity index (χ3v) is 8.15. The summed E-state index contributed by atoms with van der Waals surface area (Å²) in [6.45, 7) is 6.49. The van der Waals surface area contributed by atoms with E-state index in [0.717, 1.165) is 32.3 Å². The predicted molar refractivity (Wildman–Crippen MR) is 128 cm³/mol. The minimum Gasteiger partial charge on any atom is -0.482 e. The van der Waals surface area contributed by atoms with Crippen LogP contribution in [0.25, 0.3) is 0 Å². The van der Waals surface area contributed by atoms with Crippen molar-refractivity contribution in [2.75, 3.05) is 26.3 Å². The van der Waals surface area contributed by atoms with Crippen LogP contribution in [0.3, 0.4) is 0 Å². The molecule has 180 valence electrons. The Balaban J connectivity index is 1.26. The smallest absolute Gasteiger partial charge is 0.341 e. The van der Waals surface area contributed by atoms with E-state index in [2.05, 4.69) is 38.1 Å². The lowest BCUT2D eigenvalue weighted by molar-refractivity contribution is -0.152. The Kier molecular flexibility index (Phi) is 5.88. The molecule has 0 unspecified atom stereocenters. The number of nitrogens with zero attached hydrogens (tertiary/aromatic N) is 1. The zero-order valence-corrected chi connectivity index (χ0v) is 20.0. The molecular formula is C28H33NO5. The Morgan fingerprint density at radius 1 is 1.12 bits per heavy atom. The Morgan fingerprint density at radius 2 is 1.88 bits per heavy atom. The molecule has 34 heavy (non-hydrogen) atoms. The molecule has 2 aromatic carbocycles. The van der Waals surface area contributed by atoms with E-state index in [0.29, 0.717) is 30.3 Å². The van der Waals surface area contributed by atoms with Gasteiger partial charge < -0.3 is 19.5 Å². The van der Waals surface area contributed by atoms with Crippen molar-refractivity contribution in [2.45, 2.75) is 45.6 Å². The average Bonchev–Trinajstić information content (AvgIpc) is 2.83. The van der Waals surface area contributed by atoms with Gasteiger partial charge in [-0.3, -0.25) is 4.79 Å². The molecule has 6 nitrogen and oxygen atoms in total. The van der Waals surface area contributed by atoms with Gasteiger partial charge in [0, 0.05) is 18.7 Å². The molecule has 2 aromatic rings. The molecule has 0 aromatic heterocycles. The van der Waals surface area contributed by atoms with Crippen LogP contribution in [-0.4, -0.2) is 48.2 Å². The summed E-state index contributed by atoms with van der Waals surface area (Å²) >= 11 is 0. The molecule has 2 fully saturated rings. The number of benzene rings is 2. The van der Waals surface area contributed by atoms with Crippen LogP contribution < -0.4 is 4.74 Å². The van der Waals surface area contributed by atoms with E-state index >= 15 is 0 Å². The molecule has 0 radical (unpaired) electrons. The summed E-state index contributed by atoms with van der Waals surface area (Å²) < 4.78 is 11.9. The SMILES string of the molecule is CC1(C)Cc2ccccc2[C@@H]2OCC3(CCN(C(=O)c4cccc(OCC(=O)O)c4)CC3)C[C@H]21. The van der Waals surface area contributed by atoms with Gasteiger partial charge in [-0.25, -0.2) is 4.79 Å². The quantitative estimate of drug-likeness (QED) is 0.709. The Bertz CT molecular complexity index is 1090. The number of fused-ring (bicyclic) bond motifs is 3. The van der Waals surface area contributed by atoms with Crippen molar-refractivity contribution in [3.05, 3.63) is 65.2 Å². The largest absolute Gasteiger partial charge is 0.482 e. The van der Waals surface area contributed by atoms with Crippen molar-refractivity contribution >= 4 is 11.9 Å². The van der Waals surface area contributed by atoms with E-state index in [1.165, 1.54) is 11.1 Å². The number of rotatable bonds is 4. The minimum atomic E-state index is -1.04. The summed E-state index contributed by atoms with van der Waals surface area (Å²) in [5.74, 6) is -0.202. The van der Waals surface area contributed by atoms with Gasteiger partial charge in [-0.1, -0.05) is 44.2 Å². The highest BCUT2D eigenvalue weighted by atomic mass is 16.5. The third kappa shape index (κ3) is 4.31. The lowest BCUT2D eigenvalue weighted by Crippen LogP contribution is -2.52. The highest BCUT2D eigenvalue weighted by Crippen LogP contribution is 2.56. The van der Waals surface area contributed by atoms with Crippen molar-refractivity contribution in [3.8, 4) is 5.75 Å². The maximum Gasteiger partial charge on any atom is 0.341 e. The molecule has 6 heteroatoms. The number of carbonyl (C=O) groups is 2. The molecule has 1 N–H and O–H groups in total. The lowest BCUT2D eigenvalue weighted by Gasteiger charge is -2.55. The van der Waals surface area contributed by atoms with Gasteiger partial charge in [-0.05, 0) is 71.8 Å². The molecule has 1 aliphatic carbocycles. The van der Waals surface area contributed by atoms with Crippen LogP contribution in [0.15, 0.2) is 48.5 Å². The maximum absolute atomic E-state index is 13.2. The number of carbonyl (C=O) groups excluding carboxylic acids is 1. The molecule has 2 heterocycles. The molecule has 0 saturated carbocycles. The zero-order valence-electron chi connectivity index (χ0n) is 20.0. The van der Waals surface area contributed by atoms with E-state index < -0.39 is 12.6 Å². The van der Waals surface area contributed by atoms with Crippen LogP contribution in [0.1, 0.15) is 60.7 Å². The fourth-order valence-corrected chi connectivity index (χ4v) is 6.18. The Labute approximate surface area is 200 Å². The third-order valence-electron chi connectivity index (χ3n) is 8.15. The highest BCUT2D eigenvalue weighted by molar-refractivity contribution is 5.94. The fraction of sp³-hybridized carbons (Fsp3) is 0.500. The van der Waals surface area contributed by atoms with Crippen LogP contribution in [0, 0.1) is 16.7 Å². The fourth-order valence-electron chi connectivity index (χ4n) is 6.18. The number of carboxylic acid groups (broad SMARTS) is 1. The van der Waals surface area contributed by atoms with Gasteiger partial charge in [0.2, 0.25) is 0 Å². The first-order valence-corrected chi connectivity index (χ1v) is 12.2. The monoisotopic (exact) mass is 463 g/mol. The zero-order chi connectivity index (χ0) is 23.9. The van der Waals surface area contributed by atoms with E-state index in [4.69, 9.17) is 14.6 Å². The van der Waals surface area contributed by atoms with Crippen molar-refractivity contribution in [2.24, 2.45) is 16.7 Å². The number of ether oxygens (including phenoxy) is 2. The number of likely N-dealkylation sites (tertiary alicyclic amines) is 1. The summed E-state index contributed by atoms with van der Waals surface area (Å²) in [5, 5.41) is 8.82. The van der Waals surface area contributed by atoms with Gasteiger partial charge in [0.1, 0.15) is 5.75 Å². The molecule has 5 rings (SSSR count). The molecule has 1 spiro atoms. The predicted octanol–water partition coefficient (Wildman–Crippen LogP) is 4.73. The van der Waals surface area contributed by atoms with Crippen LogP contribution in [-0.2, 0) is 16.0 Å². The topological polar surface area (TPSA) is 76.1 Å². The van der Waals surface area contributed by atoms with Crippen molar-refractivity contribution in [1.29, 1.82) is 0 Å². The van der Waals surface area contributed by atoms with Gasteiger partial charge in [-0.2, -0.15) is 0 Å². The van der Waals surface area contributed by atoms with Crippen molar-refractivity contribution in [1.82, 2.24) is 4.90 Å². The van der Waals surface area contributed by atoms with E-state index in [-0.39, 0.29) is 22.8 Å². The number of aliphatic carboxylic acids is 1. The molecule has 3 aliphatic rings. The number of piperidine rings is 1. The first-order valence-electron chi connectivity index (χ1n) is 12.2. The van der Waals surface area contributed by atoms with Crippen LogP contribution in [0.2, 0.25) is 0 Å². The van der Waals surface area contributed by atoms with Crippen LogP contribution in [0.4, 0.5) is 0 Å². The van der Waals surface area contributed by atoms with Crippen LogP contribution >= 0.6 is 0 Å². The molecule has 2 aliphatic heterocycles. The molecular weight excluding hydrogens is 430 g/mol. The maximum atomic E-state index is 13.2. The minimum absolute atomic E-state index is 0.0304. The standard InChI is InChI=1S/C28H33NO5/c1-27(2)15-20-6-3-4-9-22(20)25-23(27)16-28(18-34-25)10-12-29(13-11-28)26(32)19-7-5-8-21(14-19)33-17-24(30)31/h3-9,14,23,25H,10-13,15-18H2,1-2H3,(H,30,31)/t23-,25+/m1/s1. The summed E-state index contributed by atoms with van der Waals surface area (Å²) in [7, 11) is 0. The van der Waals surface area contributed by atoms with Gasteiger partial charge in [0.05, 0.1) is 12.7 Å². The normalized spacial score (nSPS) is 24.7. The average molecular weight is 464 g/mol. The number of hydrogen-bond donors (Lipinski definition) is 1. The first-order chi connectivity index (χ1) is 16.3. The first kappa shape index (κ1) is 22.9. The summed E-state index contributed by atoms with van der Waals surface area (Å²) in [6, 6.07) is 15.5. The van der Waals surface area contributed by atoms with Gasteiger partial charge in [-0.15, -0.1) is 0 Å². The number of amides is 1. The van der Waals surface area contributed by atoms with Crippen molar-refractivity contribution < 1.29 is 24.2 Å². The lowest BCUT2D eigenvalue weighted by atomic mass is 9.57. The Morgan fingerprint density at radius 3 is 2.65 bits per heavy atom. The second kappa shape index (κ2) is 8.73. The van der Waals surface area contributed by atoms with Gasteiger partial charge in [0.15, 0.2) is 6.61 Å². The Hall–Kier alpha value is -2.86.